The minimum Gasteiger partial charge on any atom is -0.327 e. The number of nitrogens with two attached hydrogens (primary N) is 1. The maximum Gasteiger partial charge on any atom is 0.0486 e. The molecular weight excluding hydrogens is 278 g/mol. The highest BCUT2D eigenvalue weighted by molar-refractivity contribution is 7.84. The minimum absolute atomic E-state index is 0.0911. The van der Waals surface area contributed by atoms with Crippen LogP contribution in [0.4, 0.5) is 0 Å². The first-order valence-corrected chi connectivity index (χ1v) is 8.87. The molecule has 1 aromatic rings. The van der Waals surface area contributed by atoms with Crippen molar-refractivity contribution in [3.05, 3.63) is 34.9 Å². The van der Waals surface area contributed by atoms with Gasteiger partial charge in [0.05, 0.1) is 0 Å². The fraction of sp³-hybridized carbons (Fsp3) is 0.600. The van der Waals surface area contributed by atoms with Crippen LogP contribution in [0.2, 0.25) is 5.02 Å². The summed E-state index contributed by atoms with van der Waals surface area (Å²) in [6, 6.07) is 7.65. The summed E-state index contributed by atoms with van der Waals surface area (Å²) in [5.41, 5.74) is 7.28. The Balaban J connectivity index is 1.81. The van der Waals surface area contributed by atoms with E-state index in [-0.39, 0.29) is 6.04 Å². The van der Waals surface area contributed by atoms with Gasteiger partial charge in [0, 0.05) is 33.4 Å². The van der Waals surface area contributed by atoms with Gasteiger partial charge < -0.3 is 5.73 Å². The van der Waals surface area contributed by atoms with Crippen molar-refractivity contribution in [2.45, 2.75) is 43.9 Å². The van der Waals surface area contributed by atoms with Gasteiger partial charge in [-0.15, -0.1) is 0 Å². The standard InChI is InChI=1S/C15H22ClNOS/c16-14-8-6-12(7-9-14)10-19(18)11-15(17)13-4-2-1-3-5-13/h6-9,13,15H,1-5,10-11,17H2. The summed E-state index contributed by atoms with van der Waals surface area (Å²) in [7, 11) is -0.877. The summed E-state index contributed by atoms with van der Waals surface area (Å²) in [5, 5.41) is 0.716. The molecule has 4 heteroatoms. The average Bonchev–Trinajstić information content (AvgIpc) is 2.42. The zero-order chi connectivity index (χ0) is 13.7. The van der Waals surface area contributed by atoms with Crippen molar-refractivity contribution in [1.82, 2.24) is 0 Å². The summed E-state index contributed by atoms with van der Waals surface area (Å²) in [6.45, 7) is 0. The van der Waals surface area contributed by atoms with Gasteiger partial charge in [0.25, 0.3) is 0 Å². The predicted molar refractivity (Wildman–Crippen MR) is 82.7 cm³/mol. The highest BCUT2D eigenvalue weighted by Gasteiger charge is 2.22. The van der Waals surface area contributed by atoms with Crippen molar-refractivity contribution in [1.29, 1.82) is 0 Å². The molecule has 2 N–H and O–H groups in total. The van der Waals surface area contributed by atoms with Crippen molar-refractivity contribution in [3.63, 3.8) is 0 Å². The SMILES string of the molecule is NC(CS(=O)Cc1ccc(Cl)cc1)C1CCCCC1. The molecule has 2 atom stereocenters. The smallest absolute Gasteiger partial charge is 0.0486 e. The number of halogens is 1. The fourth-order valence-corrected chi connectivity index (χ4v) is 4.25. The Labute approximate surface area is 123 Å². The van der Waals surface area contributed by atoms with E-state index < -0.39 is 10.8 Å². The van der Waals surface area contributed by atoms with Gasteiger partial charge in [-0.25, -0.2) is 0 Å². The Morgan fingerprint density at radius 1 is 1.21 bits per heavy atom. The molecule has 106 valence electrons. The van der Waals surface area contributed by atoms with E-state index in [0.29, 0.717) is 22.4 Å². The quantitative estimate of drug-likeness (QED) is 0.904. The lowest BCUT2D eigenvalue weighted by atomic mass is 9.85. The first-order chi connectivity index (χ1) is 9.15. The third kappa shape index (κ3) is 4.90. The van der Waals surface area contributed by atoms with Crippen LogP contribution in [-0.4, -0.2) is 16.0 Å². The highest BCUT2D eigenvalue weighted by Crippen LogP contribution is 2.26. The zero-order valence-corrected chi connectivity index (χ0v) is 12.8. The van der Waals surface area contributed by atoms with E-state index in [1.807, 2.05) is 24.3 Å². The van der Waals surface area contributed by atoms with Crippen LogP contribution in [0.5, 0.6) is 0 Å². The molecule has 1 aromatic carbocycles. The largest absolute Gasteiger partial charge is 0.327 e. The van der Waals surface area contributed by atoms with Crippen LogP contribution in [0.3, 0.4) is 0 Å². The second-order valence-electron chi connectivity index (χ2n) is 5.44. The lowest BCUT2D eigenvalue weighted by molar-refractivity contribution is 0.318. The van der Waals surface area contributed by atoms with Gasteiger partial charge in [0.15, 0.2) is 0 Å². The Kier molecular flexibility index (Phi) is 5.86. The fourth-order valence-electron chi connectivity index (χ4n) is 2.74. The lowest BCUT2D eigenvalue weighted by Crippen LogP contribution is -2.36. The minimum atomic E-state index is -0.877. The number of hydrogen-bond donors (Lipinski definition) is 1. The second-order valence-corrected chi connectivity index (χ2v) is 7.38. The Hall–Kier alpha value is -0.380. The average molecular weight is 300 g/mol. The van der Waals surface area contributed by atoms with E-state index in [0.717, 1.165) is 5.56 Å². The van der Waals surface area contributed by atoms with Crippen molar-refractivity contribution in [2.24, 2.45) is 11.7 Å². The van der Waals surface area contributed by atoms with Gasteiger partial charge in [-0.1, -0.05) is 43.0 Å². The van der Waals surface area contributed by atoms with Crippen LogP contribution in [-0.2, 0) is 16.6 Å². The van der Waals surface area contributed by atoms with Crippen molar-refractivity contribution in [2.75, 3.05) is 5.75 Å². The molecule has 0 radical (unpaired) electrons. The highest BCUT2D eigenvalue weighted by atomic mass is 35.5. The molecule has 0 amide bonds. The Morgan fingerprint density at radius 3 is 2.47 bits per heavy atom. The summed E-state index contributed by atoms with van der Waals surface area (Å²) in [5.74, 6) is 1.77. The van der Waals surface area contributed by atoms with E-state index in [1.165, 1.54) is 32.1 Å². The van der Waals surface area contributed by atoms with Gasteiger partial charge in [-0.2, -0.15) is 0 Å². The second kappa shape index (κ2) is 7.41. The Morgan fingerprint density at radius 2 is 1.84 bits per heavy atom. The summed E-state index contributed by atoms with van der Waals surface area (Å²) >= 11 is 5.84. The van der Waals surface area contributed by atoms with Crippen LogP contribution in [0.25, 0.3) is 0 Å². The molecular formula is C15H22ClNOS. The number of rotatable bonds is 5. The molecule has 0 saturated heterocycles. The van der Waals surface area contributed by atoms with Crippen LogP contribution < -0.4 is 5.73 Å². The van der Waals surface area contributed by atoms with Crippen molar-refractivity contribution < 1.29 is 4.21 Å². The molecule has 2 rings (SSSR count). The molecule has 0 heterocycles. The van der Waals surface area contributed by atoms with Gasteiger partial charge >= 0.3 is 0 Å². The maximum absolute atomic E-state index is 12.1. The molecule has 1 aliphatic carbocycles. The van der Waals surface area contributed by atoms with E-state index in [4.69, 9.17) is 17.3 Å². The predicted octanol–water partition coefficient (Wildman–Crippen LogP) is 3.50. The van der Waals surface area contributed by atoms with Gasteiger partial charge in [0.1, 0.15) is 0 Å². The lowest BCUT2D eigenvalue weighted by Gasteiger charge is -2.27. The molecule has 2 unspecified atom stereocenters. The summed E-state index contributed by atoms with van der Waals surface area (Å²) in [6.07, 6.45) is 6.31. The normalized spacial score (nSPS) is 20.1. The molecule has 0 aromatic heterocycles. The van der Waals surface area contributed by atoms with Crippen molar-refractivity contribution >= 4 is 22.4 Å². The third-order valence-electron chi connectivity index (χ3n) is 3.87. The number of benzene rings is 1. The molecule has 1 fully saturated rings. The van der Waals surface area contributed by atoms with Crippen molar-refractivity contribution in [3.8, 4) is 0 Å². The van der Waals surface area contributed by atoms with E-state index >= 15 is 0 Å². The van der Waals surface area contributed by atoms with Crippen LogP contribution in [0.15, 0.2) is 24.3 Å². The topological polar surface area (TPSA) is 43.1 Å². The van der Waals surface area contributed by atoms with Gasteiger partial charge in [-0.05, 0) is 36.5 Å². The molecule has 1 aliphatic rings. The summed E-state index contributed by atoms with van der Waals surface area (Å²) in [4.78, 5) is 0. The maximum atomic E-state index is 12.1. The third-order valence-corrected chi connectivity index (χ3v) is 5.54. The van der Waals surface area contributed by atoms with Gasteiger partial charge in [0.2, 0.25) is 0 Å². The summed E-state index contributed by atoms with van der Waals surface area (Å²) < 4.78 is 12.1. The first-order valence-electron chi connectivity index (χ1n) is 7.00. The molecule has 1 saturated carbocycles. The molecule has 2 nitrogen and oxygen atoms in total. The number of hydrogen-bond acceptors (Lipinski definition) is 2. The van der Waals surface area contributed by atoms with Crippen LogP contribution >= 0.6 is 11.6 Å². The van der Waals surface area contributed by atoms with Crippen LogP contribution in [0, 0.1) is 5.92 Å². The molecule has 19 heavy (non-hydrogen) atoms. The first kappa shape index (κ1) is 15.0. The van der Waals surface area contributed by atoms with Gasteiger partial charge in [-0.3, -0.25) is 4.21 Å². The zero-order valence-electron chi connectivity index (χ0n) is 11.2. The van der Waals surface area contributed by atoms with E-state index in [1.54, 1.807) is 0 Å². The van der Waals surface area contributed by atoms with E-state index in [2.05, 4.69) is 0 Å². The molecule has 0 bridgehead atoms. The van der Waals surface area contributed by atoms with E-state index in [9.17, 15) is 4.21 Å². The molecule has 0 spiro atoms. The molecule has 0 aliphatic heterocycles. The monoisotopic (exact) mass is 299 g/mol. The Bertz CT molecular complexity index is 415. The van der Waals surface area contributed by atoms with Crippen LogP contribution in [0.1, 0.15) is 37.7 Å².